The second-order valence-corrected chi connectivity index (χ2v) is 5.69. The van der Waals surface area contributed by atoms with Gasteiger partial charge >= 0.3 is 6.43 Å². The van der Waals surface area contributed by atoms with E-state index in [1.165, 1.54) is 41.1 Å². The SMILES string of the molecule is O=C(Nc1ccc(-c2noc(C(F)F)n2)cc1)c1cnc2ccccn2c1=O. The largest absolute Gasteiger partial charge is 0.333 e. The minimum Gasteiger partial charge on any atom is -0.333 e. The Kier molecular flexibility index (Phi) is 4.36. The molecule has 3 heterocycles. The number of halogens is 2. The lowest BCUT2D eigenvalue weighted by atomic mass is 10.2. The van der Waals surface area contributed by atoms with Crippen molar-refractivity contribution < 1.29 is 18.1 Å². The number of alkyl halides is 2. The van der Waals surface area contributed by atoms with Crippen LogP contribution in [0.3, 0.4) is 0 Å². The summed E-state index contributed by atoms with van der Waals surface area (Å²) in [5.74, 6) is -1.38. The van der Waals surface area contributed by atoms with Crippen molar-refractivity contribution >= 4 is 17.2 Å². The number of hydrogen-bond acceptors (Lipinski definition) is 6. The molecule has 4 aromatic rings. The Morgan fingerprint density at radius 2 is 1.93 bits per heavy atom. The minimum atomic E-state index is -2.85. The molecular weight excluding hydrogens is 372 g/mol. The second kappa shape index (κ2) is 6.99. The summed E-state index contributed by atoms with van der Waals surface area (Å²) in [4.78, 5) is 32.5. The van der Waals surface area contributed by atoms with Gasteiger partial charge in [-0.15, -0.1) is 0 Å². The lowest BCUT2D eigenvalue weighted by molar-refractivity contribution is 0.102. The first kappa shape index (κ1) is 17.5. The maximum atomic E-state index is 12.5. The summed E-state index contributed by atoms with van der Waals surface area (Å²) in [5, 5.41) is 6.07. The number of hydrogen-bond donors (Lipinski definition) is 1. The standard InChI is InChI=1S/C18H11F2N5O3/c19-14(20)17-23-15(24-28-17)10-4-6-11(7-5-10)22-16(26)12-9-21-13-3-1-2-8-25(13)18(12)27/h1-9,14H,(H,22,26). The molecule has 140 valence electrons. The van der Waals surface area contributed by atoms with Gasteiger partial charge in [0.1, 0.15) is 11.2 Å². The Bertz CT molecular complexity index is 1220. The van der Waals surface area contributed by atoms with Crippen molar-refractivity contribution in [2.24, 2.45) is 0 Å². The quantitative estimate of drug-likeness (QED) is 0.581. The van der Waals surface area contributed by atoms with Crippen LogP contribution in [0.15, 0.2) is 64.2 Å². The topological polar surface area (TPSA) is 102 Å². The highest BCUT2D eigenvalue weighted by molar-refractivity contribution is 6.04. The molecule has 0 spiro atoms. The van der Waals surface area contributed by atoms with Gasteiger partial charge in [-0.2, -0.15) is 13.8 Å². The summed E-state index contributed by atoms with van der Waals surface area (Å²) in [6.07, 6.45) is -0.115. The number of nitrogens with zero attached hydrogens (tertiary/aromatic N) is 4. The lowest BCUT2D eigenvalue weighted by Gasteiger charge is -2.06. The van der Waals surface area contributed by atoms with Gasteiger partial charge in [0.25, 0.3) is 17.4 Å². The highest BCUT2D eigenvalue weighted by Gasteiger charge is 2.17. The zero-order valence-corrected chi connectivity index (χ0v) is 14.0. The predicted molar refractivity (Wildman–Crippen MR) is 94.1 cm³/mol. The Hall–Kier alpha value is -3.95. The van der Waals surface area contributed by atoms with Crippen molar-refractivity contribution in [3.8, 4) is 11.4 Å². The molecule has 0 fully saturated rings. The molecule has 1 aromatic carbocycles. The number of pyridine rings is 1. The number of rotatable bonds is 4. The highest BCUT2D eigenvalue weighted by Crippen LogP contribution is 2.22. The molecule has 0 atom stereocenters. The van der Waals surface area contributed by atoms with Gasteiger partial charge in [-0.1, -0.05) is 11.2 Å². The van der Waals surface area contributed by atoms with Crippen molar-refractivity contribution in [3.63, 3.8) is 0 Å². The van der Waals surface area contributed by atoms with E-state index in [0.29, 0.717) is 16.9 Å². The summed E-state index contributed by atoms with van der Waals surface area (Å²) in [5.41, 5.74) is 0.639. The average Bonchev–Trinajstić information content (AvgIpc) is 3.19. The molecule has 1 amide bonds. The van der Waals surface area contributed by atoms with E-state index in [1.807, 2.05) is 0 Å². The fourth-order valence-corrected chi connectivity index (χ4v) is 2.52. The zero-order chi connectivity index (χ0) is 19.7. The first-order chi connectivity index (χ1) is 13.5. The number of anilines is 1. The molecule has 0 radical (unpaired) electrons. The Morgan fingerprint density at radius 3 is 2.64 bits per heavy atom. The Balaban J connectivity index is 1.55. The van der Waals surface area contributed by atoms with Gasteiger partial charge in [-0.3, -0.25) is 14.0 Å². The fourth-order valence-electron chi connectivity index (χ4n) is 2.52. The van der Waals surface area contributed by atoms with E-state index in [-0.39, 0.29) is 11.4 Å². The highest BCUT2D eigenvalue weighted by atomic mass is 19.3. The van der Waals surface area contributed by atoms with Crippen LogP contribution in [0.1, 0.15) is 22.7 Å². The lowest BCUT2D eigenvalue weighted by Crippen LogP contribution is -2.26. The summed E-state index contributed by atoms with van der Waals surface area (Å²) < 4.78 is 30.8. The van der Waals surface area contributed by atoms with Crippen LogP contribution in [0.25, 0.3) is 17.0 Å². The molecule has 8 nitrogen and oxygen atoms in total. The molecule has 0 aliphatic heterocycles. The summed E-state index contributed by atoms with van der Waals surface area (Å²) in [6.45, 7) is 0. The van der Waals surface area contributed by atoms with Crippen LogP contribution >= 0.6 is 0 Å². The van der Waals surface area contributed by atoms with E-state index in [9.17, 15) is 18.4 Å². The molecule has 0 aliphatic carbocycles. The van der Waals surface area contributed by atoms with Gasteiger partial charge in [0.2, 0.25) is 5.82 Å². The molecule has 0 unspecified atom stereocenters. The molecule has 10 heteroatoms. The number of nitrogens with one attached hydrogen (secondary N) is 1. The monoisotopic (exact) mass is 383 g/mol. The van der Waals surface area contributed by atoms with Crippen molar-refractivity contribution in [1.82, 2.24) is 19.5 Å². The molecule has 1 N–H and O–H groups in total. The van der Waals surface area contributed by atoms with E-state index in [1.54, 1.807) is 18.2 Å². The van der Waals surface area contributed by atoms with E-state index >= 15 is 0 Å². The Labute approximate surface area is 155 Å². The van der Waals surface area contributed by atoms with Gasteiger partial charge in [-0.25, -0.2) is 4.98 Å². The normalized spacial score (nSPS) is 11.1. The van der Waals surface area contributed by atoms with Gasteiger partial charge < -0.3 is 9.84 Å². The van der Waals surface area contributed by atoms with Crippen LogP contribution in [0, 0.1) is 0 Å². The van der Waals surface area contributed by atoms with E-state index < -0.39 is 23.8 Å². The molecule has 3 aromatic heterocycles. The molecule has 4 rings (SSSR count). The summed E-state index contributed by atoms with van der Waals surface area (Å²) in [6, 6.07) is 11.2. The van der Waals surface area contributed by atoms with E-state index in [2.05, 4.69) is 25.0 Å². The molecular formula is C18H11F2N5O3. The maximum Gasteiger partial charge on any atom is 0.315 e. The molecule has 0 saturated heterocycles. The van der Waals surface area contributed by atoms with Crippen LogP contribution in [0.2, 0.25) is 0 Å². The number of carbonyl (C=O) groups excluding carboxylic acids is 1. The molecule has 0 saturated carbocycles. The van der Waals surface area contributed by atoms with Crippen LogP contribution in [-0.2, 0) is 0 Å². The number of amides is 1. The first-order valence-electron chi connectivity index (χ1n) is 8.03. The van der Waals surface area contributed by atoms with Crippen LogP contribution in [-0.4, -0.2) is 25.4 Å². The average molecular weight is 383 g/mol. The number of benzene rings is 1. The number of carbonyl (C=O) groups is 1. The van der Waals surface area contributed by atoms with E-state index in [0.717, 1.165) is 0 Å². The van der Waals surface area contributed by atoms with E-state index in [4.69, 9.17) is 0 Å². The maximum absolute atomic E-state index is 12.5. The third kappa shape index (κ3) is 3.22. The van der Waals surface area contributed by atoms with Crippen molar-refractivity contribution in [1.29, 1.82) is 0 Å². The van der Waals surface area contributed by atoms with Gasteiger partial charge in [0, 0.05) is 23.6 Å². The fraction of sp³-hybridized carbons (Fsp3) is 0.0556. The molecule has 0 bridgehead atoms. The third-order valence-corrected chi connectivity index (χ3v) is 3.89. The Morgan fingerprint density at radius 1 is 1.14 bits per heavy atom. The van der Waals surface area contributed by atoms with Crippen molar-refractivity contribution in [2.45, 2.75) is 6.43 Å². The number of fused-ring (bicyclic) bond motifs is 1. The third-order valence-electron chi connectivity index (χ3n) is 3.89. The van der Waals surface area contributed by atoms with Crippen molar-refractivity contribution in [3.05, 3.63) is 76.7 Å². The molecule has 28 heavy (non-hydrogen) atoms. The summed E-state index contributed by atoms with van der Waals surface area (Å²) >= 11 is 0. The van der Waals surface area contributed by atoms with Gasteiger partial charge in [0.15, 0.2) is 0 Å². The second-order valence-electron chi connectivity index (χ2n) is 5.69. The number of aromatic nitrogens is 4. The van der Waals surface area contributed by atoms with Gasteiger partial charge in [-0.05, 0) is 36.4 Å². The van der Waals surface area contributed by atoms with Crippen LogP contribution < -0.4 is 10.9 Å². The predicted octanol–water partition coefficient (Wildman–Crippen LogP) is 2.93. The van der Waals surface area contributed by atoms with Gasteiger partial charge in [0.05, 0.1) is 0 Å². The molecule has 0 aliphatic rings. The minimum absolute atomic E-state index is 0.00477. The zero-order valence-electron chi connectivity index (χ0n) is 14.0. The van der Waals surface area contributed by atoms with Crippen LogP contribution in [0.5, 0.6) is 0 Å². The first-order valence-corrected chi connectivity index (χ1v) is 8.03. The van der Waals surface area contributed by atoms with Crippen molar-refractivity contribution in [2.75, 3.05) is 5.32 Å². The smallest absolute Gasteiger partial charge is 0.315 e. The summed E-state index contributed by atoms with van der Waals surface area (Å²) in [7, 11) is 0. The van der Waals surface area contributed by atoms with Crippen LogP contribution in [0.4, 0.5) is 14.5 Å².